The van der Waals surface area contributed by atoms with Crippen LogP contribution in [0.5, 0.6) is 0 Å². The number of likely N-dealkylation sites (N-methyl/N-ethyl adjacent to an activating group) is 1. The highest BCUT2D eigenvalue weighted by molar-refractivity contribution is 7.22. The Morgan fingerprint density at radius 3 is 2.76 bits per heavy atom. The Bertz CT molecular complexity index is 1790. The highest BCUT2D eigenvalue weighted by Crippen LogP contribution is 2.40. The number of benzene rings is 3. The molecule has 3 aromatic carbocycles. The molecule has 4 atom stereocenters. The molecule has 1 fully saturated rings. The van der Waals surface area contributed by atoms with Crippen molar-refractivity contribution in [2.24, 2.45) is 11.7 Å². The third kappa shape index (κ3) is 6.71. The molecule has 7 N–H and O–H groups in total. The predicted octanol–water partition coefficient (Wildman–Crippen LogP) is 6.85. The number of hydrogen-bond donors (Lipinski definition) is 6. The van der Waals surface area contributed by atoms with Gasteiger partial charge in [0.2, 0.25) is 0 Å². The minimum Gasteiger partial charge on any atom is -0.342 e. The fourth-order valence-corrected chi connectivity index (χ4v) is 7.87. The maximum Gasteiger partial charge on any atom is 0.149 e. The predicted molar refractivity (Wildman–Crippen MR) is 189 cm³/mol. The molecule has 0 radical (unpaired) electrons. The van der Waals surface area contributed by atoms with Crippen LogP contribution in [-0.4, -0.2) is 65.5 Å². The van der Waals surface area contributed by atoms with Crippen molar-refractivity contribution < 1.29 is 9.60 Å². The van der Waals surface area contributed by atoms with Gasteiger partial charge in [-0.3, -0.25) is 10.2 Å². The number of H-pyrrole nitrogens is 1. The molecule has 46 heavy (non-hydrogen) atoms. The van der Waals surface area contributed by atoms with E-state index >= 15 is 4.39 Å². The number of nitrogens with one attached hydrogen (secondary N) is 4. The standard InChI is InChI=1S/C36H48FN7OS/c1-5-15-39-19-32-40-30(20-44(32)4)23-10-13-31-27(17-23)33(37)35(46-31)24-8-11-26-22(16-24)9-12-28-34(26)42-36(41-28)25(7-6-14-38)18-29(43-45)21(2)3/h8-13,16-17,21,25,29-30,32,39-40,43,45H,5-7,14-15,18-20,38H2,1-4H3,(H,41,42)/t25?,29-,30?,32?/m1/s1. The normalized spacial score (nSPS) is 18.9. The Morgan fingerprint density at radius 1 is 1.15 bits per heavy atom. The van der Waals surface area contributed by atoms with Crippen LogP contribution < -0.4 is 21.8 Å². The second kappa shape index (κ2) is 14.4. The summed E-state index contributed by atoms with van der Waals surface area (Å²) < 4.78 is 17.1. The molecule has 6 rings (SSSR count). The number of hydroxylamine groups is 1. The lowest BCUT2D eigenvalue weighted by molar-refractivity contribution is 0.0950. The summed E-state index contributed by atoms with van der Waals surface area (Å²) in [7, 11) is 2.14. The molecule has 1 aliphatic heterocycles. The summed E-state index contributed by atoms with van der Waals surface area (Å²) in [6.07, 6.45) is 3.90. The Morgan fingerprint density at radius 2 is 2.00 bits per heavy atom. The Hall–Kier alpha value is -2.96. The molecular weight excluding hydrogens is 598 g/mol. The number of rotatable bonds is 14. The van der Waals surface area contributed by atoms with Gasteiger partial charge in [-0.1, -0.05) is 45.0 Å². The van der Waals surface area contributed by atoms with E-state index in [9.17, 15) is 5.21 Å². The van der Waals surface area contributed by atoms with Crippen LogP contribution >= 0.6 is 11.3 Å². The van der Waals surface area contributed by atoms with Gasteiger partial charge in [-0.25, -0.2) is 14.9 Å². The summed E-state index contributed by atoms with van der Waals surface area (Å²) in [5.41, 5.74) is 12.2. The van der Waals surface area contributed by atoms with Gasteiger partial charge in [0.1, 0.15) is 11.6 Å². The average molecular weight is 646 g/mol. The van der Waals surface area contributed by atoms with Crippen molar-refractivity contribution in [2.45, 2.75) is 70.6 Å². The zero-order chi connectivity index (χ0) is 32.4. The van der Waals surface area contributed by atoms with Crippen LogP contribution in [0.4, 0.5) is 4.39 Å². The first kappa shape index (κ1) is 33.0. The lowest BCUT2D eigenvalue weighted by Crippen LogP contribution is -2.42. The van der Waals surface area contributed by atoms with E-state index in [4.69, 9.17) is 10.7 Å². The number of nitrogens with two attached hydrogens (primary N) is 1. The van der Waals surface area contributed by atoms with Crippen molar-refractivity contribution in [2.75, 3.05) is 33.2 Å². The SMILES string of the molecule is CCCNCC1NC(c2ccc3sc(-c4ccc5c(ccc6[nH]c(C(CCCN)C[C@@H](NO)C(C)C)nc65)c4)c(F)c3c2)CN1C. The number of aromatic amines is 1. The Kier molecular flexibility index (Phi) is 10.3. The van der Waals surface area contributed by atoms with Crippen LogP contribution in [0, 0.1) is 11.7 Å². The van der Waals surface area contributed by atoms with Crippen LogP contribution in [0.3, 0.4) is 0 Å². The minimum absolute atomic E-state index is 0.0388. The van der Waals surface area contributed by atoms with Crippen molar-refractivity contribution in [3.8, 4) is 10.4 Å². The zero-order valence-corrected chi connectivity index (χ0v) is 28.2. The van der Waals surface area contributed by atoms with E-state index in [0.717, 1.165) is 88.8 Å². The summed E-state index contributed by atoms with van der Waals surface area (Å²) in [6, 6.07) is 16.7. The topological polar surface area (TPSA) is 114 Å². The van der Waals surface area contributed by atoms with Crippen LogP contribution in [0.15, 0.2) is 48.5 Å². The molecule has 1 saturated heterocycles. The van der Waals surface area contributed by atoms with Gasteiger partial charge in [0.15, 0.2) is 0 Å². The van der Waals surface area contributed by atoms with Gasteiger partial charge in [-0.2, -0.15) is 0 Å². The number of imidazole rings is 1. The van der Waals surface area contributed by atoms with E-state index in [1.54, 1.807) is 0 Å². The fourth-order valence-electron chi connectivity index (χ4n) is 6.81. The van der Waals surface area contributed by atoms with E-state index in [1.165, 1.54) is 11.3 Å². The molecule has 0 saturated carbocycles. The van der Waals surface area contributed by atoms with Gasteiger partial charge in [0.25, 0.3) is 0 Å². The molecule has 2 aromatic heterocycles. The summed E-state index contributed by atoms with van der Waals surface area (Å²) in [6.45, 7) is 9.78. The van der Waals surface area contributed by atoms with Crippen LogP contribution in [-0.2, 0) is 0 Å². The van der Waals surface area contributed by atoms with Gasteiger partial charge in [-0.15, -0.1) is 11.3 Å². The summed E-state index contributed by atoms with van der Waals surface area (Å²) >= 11 is 1.51. The number of halogens is 1. The Labute approximate surface area is 274 Å². The van der Waals surface area contributed by atoms with Crippen molar-refractivity contribution in [3.05, 3.63) is 65.7 Å². The monoisotopic (exact) mass is 645 g/mol. The summed E-state index contributed by atoms with van der Waals surface area (Å²) in [5.74, 6) is 1.18. The van der Waals surface area contributed by atoms with Crippen molar-refractivity contribution in [1.29, 1.82) is 0 Å². The lowest BCUT2D eigenvalue weighted by Gasteiger charge is -2.24. The molecule has 5 aromatic rings. The smallest absolute Gasteiger partial charge is 0.149 e. The van der Waals surface area contributed by atoms with E-state index in [1.807, 2.05) is 12.1 Å². The lowest BCUT2D eigenvalue weighted by atomic mass is 9.89. The largest absolute Gasteiger partial charge is 0.342 e. The van der Waals surface area contributed by atoms with Gasteiger partial charge in [0, 0.05) is 46.6 Å². The zero-order valence-electron chi connectivity index (χ0n) is 27.4. The highest BCUT2D eigenvalue weighted by Gasteiger charge is 2.30. The molecule has 0 spiro atoms. The van der Waals surface area contributed by atoms with Crippen LogP contribution in [0.25, 0.3) is 42.3 Å². The molecule has 8 nitrogen and oxygen atoms in total. The van der Waals surface area contributed by atoms with E-state index in [0.29, 0.717) is 16.8 Å². The molecule has 0 aliphatic carbocycles. The maximum absolute atomic E-state index is 16.1. The fraction of sp³-hybridized carbons (Fsp3) is 0.472. The number of aromatic nitrogens is 2. The molecular formula is C36H48FN7OS. The number of fused-ring (bicyclic) bond motifs is 4. The summed E-state index contributed by atoms with van der Waals surface area (Å²) in [4.78, 5) is 11.6. The highest BCUT2D eigenvalue weighted by atomic mass is 32.1. The van der Waals surface area contributed by atoms with Gasteiger partial charge in [-0.05, 0) is 92.5 Å². The van der Waals surface area contributed by atoms with Crippen molar-refractivity contribution in [3.63, 3.8) is 0 Å². The number of nitrogens with zero attached hydrogens (tertiary/aromatic N) is 2. The van der Waals surface area contributed by atoms with E-state index in [2.05, 4.69) is 90.2 Å². The molecule has 246 valence electrons. The first-order valence-corrected chi connectivity index (χ1v) is 17.5. The maximum atomic E-state index is 16.1. The first-order chi connectivity index (χ1) is 22.3. The second-order valence-corrected chi connectivity index (χ2v) is 14.3. The molecule has 1 aliphatic rings. The molecule has 10 heteroatoms. The van der Waals surface area contributed by atoms with Gasteiger partial charge in [0.05, 0.1) is 22.1 Å². The van der Waals surface area contributed by atoms with Crippen LogP contribution in [0.2, 0.25) is 0 Å². The summed E-state index contributed by atoms with van der Waals surface area (Å²) in [5, 5.41) is 19.7. The number of hydrogen-bond acceptors (Lipinski definition) is 8. The molecule has 3 heterocycles. The van der Waals surface area contributed by atoms with Crippen LogP contribution in [0.1, 0.15) is 69.8 Å². The third-order valence-corrected chi connectivity index (χ3v) is 10.8. The molecule has 0 amide bonds. The average Bonchev–Trinajstić information content (AvgIpc) is 3.75. The quantitative estimate of drug-likeness (QED) is 0.0578. The second-order valence-electron chi connectivity index (χ2n) is 13.2. The number of thiophene rings is 1. The Balaban J connectivity index is 1.27. The van der Waals surface area contributed by atoms with Crippen molar-refractivity contribution >= 4 is 43.2 Å². The van der Waals surface area contributed by atoms with E-state index in [-0.39, 0.29) is 35.9 Å². The van der Waals surface area contributed by atoms with Crippen molar-refractivity contribution in [1.82, 2.24) is 31.0 Å². The molecule has 0 bridgehead atoms. The minimum atomic E-state index is -0.156. The van der Waals surface area contributed by atoms with Gasteiger partial charge >= 0.3 is 0 Å². The third-order valence-electron chi connectivity index (χ3n) is 9.62. The molecule has 3 unspecified atom stereocenters. The van der Waals surface area contributed by atoms with Gasteiger partial charge < -0.3 is 21.2 Å². The van der Waals surface area contributed by atoms with E-state index < -0.39 is 0 Å². The first-order valence-electron chi connectivity index (χ1n) is 16.7.